The number of benzene rings is 2. The molecule has 0 atom stereocenters. The summed E-state index contributed by atoms with van der Waals surface area (Å²) in [6.07, 6.45) is 4.96. The van der Waals surface area contributed by atoms with Crippen molar-refractivity contribution in [2.24, 2.45) is 5.41 Å². The Hall–Kier alpha value is -3.44. The van der Waals surface area contributed by atoms with Crippen molar-refractivity contribution < 1.29 is 24.5 Å². The molecule has 0 amide bonds. The number of hydrogen-bond acceptors (Lipinski definition) is 4. The van der Waals surface area contributed by atoms with Gasteiger partial charge in [0.25, 0.3) is 0 Å². The van der Waals surface area contributed by atoms with Gasteiger partial charge in [-0.1, -0.05) is 88.5 Å². The molecule has 0 aliphatic carbocycles. The Bertz CT molecular complexity index is 1900. The third-order valence-electron chi connectivity index (χ3n) is 7.60. The van der Waals surface area contributed by atoms with Crippen LogP contribution in [0, 0.1) is 24.5 Å². The van der Waals surface area contributed by atoms with Gasteiger partial charge in [0, 0.05) is 43.6 Å². The molecule has 0 spiro atoms. The molecule has 4 heterocycles. The zero-order valence-electron chi connectivity index (χ0n) is 27.9. The first-order valence-corrected chi connectivity index (χ1v) is 18.9. The van der Waals surface area contributed by atoms with Gasteiger partial charge in [-0.3, -0.25) is 0 Å². The van der Waals surface area contributed by atoms with Gasteiger partial charge in [0.05, 0.1) is 13.7 Å². The standard InChI is InChI=1S/C22H21N2O.C17H22NSi.Ir/c1-14-8-9-17-16-6-5-7-18(20(16)25-21(17)24-14)19-12-15(10-11-23-19)13-22(2,3)4;1-13(2)15-11-16(14-9-7-6-8-10-14)18-12-17(15)19(3,4)5;/h5-6,8-12H,13H2,1-4H3;6-9,11-13H,1-5H3;/q2*-1;. The van der Waals surface area contributed by atoms with Crippen LogP contribution in [0.1, 0.15) is 57.4 Å². The molecule has 0 saturated carbocycles. The number of pyridine rings is 3. The van der Waals surface area contributed by atoms with Crippen LogP contribution in [0.15, 0.2) is 83.5 Å². The Labute approximate surface area is 283 Å². The molecule has 45 heavy (non-hydrogen) atoms. The molecule has 0 saturated heterocycles. The summed E-state index contributed by atoms with van der Waals surface area (Å²) >= 11 is 0. The maximum atomic E-state index is 6.08. The fraction of sp³-hybridized carbons (Fsp3) is 0.308. The Morgan fingerprint density at radius 2 is 1.64 bits per heavy atom. The minimum absolute atomic E-state index is 0. The van der Waals surface area contributed by atoms with E-state index in [1.165, 1.54) is 16.3 Å². The average molecular weight is 790 g/mol. The van der Waals surface area contributed by atoms with Crippen LogP contribution in [0.5, 0.6) is 0 Å². The predicted octanol–water partition coefficient (Wildman–Crippen LogP) is 9.96. The number of fused-ring (bicyclic) bond motifs is 3. The summed E-state index contributed by atoms with van der Waals surface area (Å²) in [5.41, 5.74) is 9.26. The molecule has 6 heteroatoms. The third kappa shape index (κ3) is 8.24. The van der Waals surface area contributed by atoms with Gasteiger partial charge in [0.15, 0.2) is 0 Å². The molecule has 0 aliphatic heterocycles. The Kier molecular flexibility index (Phi) is 10.6. The number of hydrogen-bond donors (Lipinski definition) is 0. The number of nitrogens with zero attached hydrogens (tertiary/aromatic N) is 3. The predicted molar refractivity (Wildman–Crippen MR) is 187 cm³/mol. The van der Waals surface area contributed by atoms with Gasteiger partial charge in [-0.2, -0.15) is 0 Å². The van der Waals surface area contributed by atoms with Crippen LogP contribution in [0.2, 0.25) is 19.6 Å². The summed E-state index contributed by atoms with van der Waals surface area (Å²) in [6, 6.07) is 29.1. The summed E-state index contributed by atoms with van der Waals surface area (Å²) in [5.74, 6) is 0.534. The van der Waals surface area contributed by atoms with E-state index in [1.54, 1.807) is 0 Å². The van der Waals surface area contributed by atoms with Crippen molar-refractivity contribution in [3.05, 3.63) is 108 Å². The third-order valence-corrected chi connectivity index (χ3v) is 9.64. The van der Waals surface area contributed by atoms with E-state index in [2.05, 4.69) is 118 Å². The second-order valence-corrected chi connectivity index (χ2v) is 19.2. The van der Waals surface area contributed by atoms with Crippen LogP contribution < -0.4 is 5.19 Å². The van der Waals surface area contributed by atoms with Gasteiger partial charge in [-0.05, 0) is 59.5 Å². The monoisotopic (exact) mass is 790 g/mol. The second kappa shape index (κ2) is 13.9. The van der Waals surface area contributed by atoms with E-state index in [0.29, 0.717) is 11.6 Å². The van der Waals surface area contributed by atoms with Gasteiger partial charge >= 0.3 is 0 Å². The van der Waals surface area contributed by atoms with Gasteiger partial charge < -0.3 is 14.4 Å². The maximum absolute atomic E-state index is 6.08. The molecule has 0 aliphatic rings. The van der Waals surface area contributed by atoms with Crippen molar-refractivity contribution in [2.45, 2.75) is 73.5 Å². The molecule has 6 rings (SSSR count). The quantitative estimate of drug-likeness (QED) is 0.129. The topological polar surface area (TPSA) is 51.8 Å². The summed E-state index contributed by atoms with van der Waals surface area (Å²) in [6.45, 7) is 20.4. The van der Waals surface area contributed by atoms with Gasteiger partial charge in [-0.25, -0.2) is 4.98 Å². The molecule has 4 aromatic heterocycles. The molecule has 0 bridgehead atoms. The molecule has 4 nitrogen and oxygen atoms in total. The van der Waals surface area contributed by atoms with E-state index >= 15 is 0 Å². The Morgan fingerprint density at radius 1 is 0.867 bits per heavy atom. The van der Waals surface area contributed by atoms with E-state index in [9.17, 15) is 0 Å². The van der Waals surface area contributed by atoms with Crippen molar-refractivity contribution in [2.75, 3.05) is 0 Å². The zero-order chi connectivity index (χ0) is 31.6. The molecule has 1 radical (unpaired) electrons. The fourth-order valence-electron chi connectivity index (χ4n) is 5.51. The minimum Gasteiger partial charge on any atom is -0.486 e. The van der Waals surface area contributed by atoms with Crippen LogP contribution in [0.25, 0.3) is 44.6 Å². The summed E-state index contributed by atoms with van der Waals surface area (Å²) in [7, 11) is -1.34. The molecule has 0 N–H and O–H groups in total. The number of rotatable bonds is 5. The smallest absolute Gasteiger partial charge is 0.216 e. The van der Waals surface area contributed by atoms with Crippen LogP contribution in [-0.4, -0.2) is 23.0 Å². The summed E-state index contributed by atoms with van der Waals surface area (Å²) in [5, 5.41) is 3.56. The normalized spacial score (nSPS) is 11.8. The summed E-state index contributed by atoms with van der Waals surface area (Å²) < 4.78 is 6.08. The van der Waals surface area contributed by atoms with Crippen LogP contribution in [0.4, 0.5) is 0 Å². The van der Waals surface area contributed by atoms with Gasteiger partial charge in [0.1, 0.15) is 0 Å². The van der Waals surface area contributed by atoms with Crippen molar-refractivity contribution in [1.82, 2.24) is 15.0 Å². The van der Waals surface area contributed by atoms with Crippen LogP contribution in [-0.2, 0) is 26.5 Å². The minimum atomic E-state index is -1.34. The average Bonchev–Trinajstić information content (AvgIpc) is 3.34. The molecular weight excluding hydrogens is 747 g/mol. The number of furan rings is 1. The van der Waals surface area contributed by atoms with E-state index < -0.39 is 8.07 Å². The van der Waals surface area contributed by atoms with E-state index in [4.69, 9.17) is 4.42 Å². The first-order chi connectivity index (χ1) is 20.8. The molecule has 6 aromatic rings. The van der Waals surface area contributed by atoms with Gasteiger partial charge in [-0.15, -0.1) is 54.1 Å². The Morgan fingerprint density at radius 3 is 2.31 bits per heavy atom. The van der Waals surface area contributed by atoms with Crippen molar-refractivity contribution >= 4 is 35.3 Å². The molecule has 2 aromatic carbocycles. The molecular formula is C39H43IrN3OSi-2. The van der Waals surface area contributed by atoms with Gasteiger partial charge in [0.2, 0.25) is 5.71 Å². The fourth-order valence-corrected chi connectivity index (χ4v) is 7.19. The van der Waals surface area contributed by atoms with Crippen molar-refractivity contribution in [3.8, 4) is 22.5 Å². The largest absolute Gasteiger partial charge is 0.486 e. The van der Waals surface area contributed by atoms with E-state index in [0.717, 1.165) is 51.0 Å². The van der Waals surface area contributed by atoms with Crippen molar-refractivity contribution in [3.63, 3.8) is 0 Å². The first-order valence-electron chi connectivity index (χ1n) is 15.4. The SMILES string of the molecule is CC(C)c1cc(-c2[c-]cccc2)ncc1[Si](C)(C)C.Cc1ccc2c(n1)oc1c(-c3cc(CC(C)(C)C)ccn3)[c-]ccc12.[Ir]. The van der Waals surface area contributed by atoms with E-state index in [1.807, 2.05) is 49.5 Å². The number of aryl methyl sites for hydroxylation is 1. The molecule has 235 valence electrons. The number of aromatic nitrogens is 3. The van der Waals surface area contributed by atoms with Crippen LogP contribution >= 0.6 is 0 Å². The van der Waals surface area contributed by atoms with E-state index in [-0.39, 0.29) is 25.5 Å². The van der Waals surface area contributed by atoms with Crippen LogP contribution in [0.3, 0.4) is 0 Å². The summed E-state index contributed by atoms with van der Waals surface area (Å²) in [4.78, 5) is 13.7. The van der Waals surface area contributed by atoms with Crippen molar-refractivity contribution in [1.29, 1.82) is 0 Å². The zero-order valence-corrected chi connectivity index (χ0v) is 31.3. The molecule has 0 unspecified atom stereocenters. The second-order valence-electron chi connectivity index (χ2n) is 14.1. The maximum Gasteiger partial charge on any atom is 0.216 e. The first kappa shape index (κ1) is 34.4. The molecule has 0 fully saturated rings. The Balaban J connectivity index is 0.000000208.